The first-order valence-electron chi connectivity index (χ1n) is 12.6. The molecule has 13 nitrogen and oxygen atoms in total. The molecule has 2 heterocycles. The van der Waals surface area contributed by atoms with Crippen LogP contribution in [0.15, 0.2) is 72.8 Å². The van der Waals surface area contributed by atoms with Crippen molar-refractivity contribution in [1.82, 2.24) is 9.80 Å². The minimum absolute atomic E-state index is 0.0229. The molecule has 0 aromatic heterocycles. The largest absolute Gasteiger partial charge is 0.490 e. The SMILES string of the molecule is O=C(CN1C(=O)C=CC1=O)OCCOc1ccc(C(=O)c2ccc(OCCOC(=O)CN3C(=O)C=CC3=O)cc2)cc1. The van der Waals surface area contributed by atoms with Crippen molar-refractivity contribution in [3.8, 4) is 11.5 Å². The number of imide groups is 2. The molecule has 0 saturated heterocycles. The Hall–Kier alpha value is -5.59. The zero-order valence-electron chi connectivity index (χ0n) is 22.1. The molecule has 0 radical (unpaired) electrons. The van der Waals surface area contributed by atoms with E-state index in [9.17, 15) is 33.6 Å². The van der Waals surface area contributed by atoms with Gasteiger partial charge in [0, 0.05) is 35.4 Å². The Labute approximate surface area is 238 Å². The van der Waals surface area contributed by atoms with E-state index in [0.717, 1.165) is 34.1 Å². The zero-order valence-corrected chi connectivity index (χ0v) is 22.1. The molecule has 0 bridgehead atoms. The number of hydrogen-bond donors (Lipinski definition) is 0. The van der Waals surface area contributed by atoms with Crippen LogP contribution in [0.25, 0.3) is 0 Å². The highest BCUT2D eigenvalue weighted by molar-refractivity contribution is 6.14. The molecule has 2 aliphatic heterocycles. The molecule has 0 atom stereocenters. The second-order valence-electron chi connectivity index (χ2n) is 8.71. The van der Waals surface area contributed by atoms with Crippen molar-refractivity contribution in [1.29, 1.82) is 0 Å². The summed E-state index contributed by atoms with van der Waals surface area (Å²) in [5.41, 5.74) is 0.821. The van der Waals surface area contributed by atoms with E-state index in [-0.39, 0.29) is 32.2 Å². The fraction of sp³-hybridized carbons (Fsp3) is 0.207. The monoisotopic (exact) mass is 576 g/mol. The fourth-order valence-corrected chi connectivity index (χ4v) is 3.73. The molecular weight excluding hydrogens is 552 g/mol. The average molecular weight is 577 g/mol. The summed E-state index contributed by atoms with van der Waals surface area (Å²) < 4.78 is 20.9. The quantitative estimate of drug-likeness (QED) is 0.134. The molecule has 13 heteroatoms. The predicted molar refractivity (Wildman–Crippen MR) is 141 cm³/mol. The lowest BCUT2D eigenvalue weighted by molar-refractivity contribution is -0.152. The van der Waals surface area contributed by atoms with E-state index in [1.54, 1.807) is 48.5 Å². The van der Waals surface area contributed by atoms with E-state index in [2.05, 4.69) is 0 Å². The Morgan fingerprint density at radius 2 is 0.833 bits per heavy atom. The summed E-state index contributed by atoms with van der Waals surface area (Å²) in [6, 6.07) is 12.7. The summed E-state index contributed by atoms with van der Waals surface area (Å²) in [7, 11) is 0. The number of ether oxygens (including phenoxy) is 4. The molecule has 216 valence electrons. The number of hydrogen-bond acceptors (Lipinski definition) is 11. The van der Waals surface area contributed by atoms with Gasteiger partial charge in [0.25, 0.3) is 23.6 Å². The van der Waals surface area contributed by atoms with Crippen molar-refractivity contribution in [3.05, 3.63) is 84.0 Å². The maximum absolute atomic E-state index is 12.8. The van der Waals surface area contributed by atoms with E-state index in [4.69, 9.17) is 18.9 Å². The maximum Gasteiger partial charge on any atom is 0.326 e. The van der Waals surface area contributed by atoms with Crippen molar-refractivity contribution in [2.45, 2.75) is 0 Å². The van der Waals surface area contributed by atoms with Gasteiger partial charge in [-0.05, 0) is 48.5 Å². The molecular formula is C29H24N2O11. The molecule has 42 heavy (non-hydrogen) atoms. The van der Waals surface area contributed by atoms with E-state index < -0.39 is 48.7 Å². The molecule has 0 saturated carbocycles. The van der Waals surface area contributed by atoms with E-state index in [0.29, 0.717) is 22.6 Å². The van der Waals surface area contributed by atoms with E-state index in [1.165, 1.54) is 0 Å². The molecule has 2 aromatic carbocycles. The molecule has 0 spiro atoms. The van der Waals surface area contributed by atoms with Gasteiger partial charge in [0.05, 0.1) is 0 Å². The van der Waals surface area contributed by atoms with Crippen LogP contribution in [0.2, 0.25) is 0 Å². The van der Waals surface area contributed by atoms with Crippen molar-refractivity contribution >= 4 is 41.4 Å². The molecule has 0 aliphatic carbocycles. The van der Waals surface area contributed by atoms with Crippen LogP contribution in [-0.2, 0) is 38.2 Å². The van der Waals surface area contributed by atoms with Gasteiger partial charge in [-0.3, -0.25) is 43.4 Å². The summed E-state index contributed by atoms with van der Waals surface area (Å²) in [5.74, 6) is -3.14. The predicted octanol–water partition coefficient (Wildman–Crippen LogP) is 0.612. The maximum atomic E-state index is 12.8. The second-order valence-corrected chi connectivity index (χ2v) is 8.71. The first-order chi connectivity index (χ1) is 20.2. The zero-order chi connectivity index (χ0) is 30.1. The van der Waals surface area contributed by atoms with Crippen LogP contribution >= 0.6 is 0 Å². The highest BCUT2D eigenvalue weighted by Crippen LogP contribution is 2.18. The lowest BCUT2D eigenvalue weighted by atomic mass is 10.0. The van der Waals surface area contributed by atoms with E-state index in [1.807, 2.05) is 0 Å². The van der Waals surface area contributed by atoms with Crippen LogP contribution in [0.4, 0.5) is 0 Å². The Bertz CT molecular complexity index is 1310. The van der Waals surface area contributed by atoms with Gasteiger partial charge in [-0.2, -0.15) is 0 Å². The number of rotatable bonds is 14. The minimum Gasteiger partial charge on any atom is -0.490 e. The third kappa shape index (κ3) is 7.75. The van der Waals surface area contributed by atoms with Crippen LogP contribution < -0.4 is 9.47 Å². The molecule has 0 fully saturated rings. The van der Waals surface area contributed by atoms with E-state index >= 15 is 0 Å². The Kier molecular flexibility index (Phi) is 9.56. The lowest BCUT2D eigenvalue weighted by Gasteiger charge is -2.13. The third-order valence-electron chi connectivity index (χ3n) is 5.84. The number of amides is 4. The smallest absolute Gasteiger partial charge is 0.326 e. The van der Waals surface area contributed by atoms with Crippen LogP contribution in [0.5, 0.6) is 11.5 Å². The van der Waals surface area contributed by atoms with Gasteiger partial charge >= 0.3 is 11.9 Å². The topological polar surface area (TPSA) is 163 Å². The third-order valence-corrected chi connectivity index (χ3v) is 5.84. The first-order valence-corrected chi connectivity index (χ1v) is 12.6. The average Bonchev–Trinajstić information content (AvgIpc) is 3.48. The highest BCUT2D eigenvalue weighted by atomic mass is 16.6. The van der Waals surface area contributed by atoms with Gasteiger partial charge < -0.3 is 18.9 Å². The summed E-state index contributed by atoms with van der Waals surface area (Å²) in [4.78, 5) is 83.8. The summed E-state index contributed by atoms with van der Waals surface area (Å²) in [5, 5.41) is 0. The van der Waals surface area contributed by atoms with Gasteiger partial charge in [-0.15, -0.1) is 0 Å². The van der Waals surface area contributed by atoms with Crippen LogP contribution in [0.3, 0.4) is 0 Å². The molecule has 0 N–H and O–H groups in total. The standard InChI is InChI=1S/C29H24N2O11/c32-23-9-10-24(33)30(23)17-27(36)41-15-13-39-21-5-1-19(2-6-21)29(38)20-3-7-22(8-4-20)40-14-16-42-28(37)18-31-25(34)11-12-26(31)35/h1-12H,13-18H2. The Morgan fingerprint density at radius 3 is 1.17 bits per heavy atom. The lowest BCUT2D eigenvalue weighted by Crippen LogP contribution is -2.36. The van der Waals surface area contributed by atoms with Gasteiger partial charge in [-0.25, -0.2) is 0 Å². The van der Waals surface area contributed by atoms with Gasteiger partial charge in [0.2, 0.25) is 0 Å². The number of carbonyl (C=O) groups is 7. The number of esters is 2. The number of carbonyl (C=O) groups excluding carboxylic acids is 7. The molecule has 2 aliphatic rings. The summed E-state index contributed by atoms with van der Waals surface area (Å²) in [6.45, 7) is -1.11. The van der Waals surface area contributed by atoms with Crippen molar-refractivity contribution in [3.63, 3.8) is 0 Å². The number of benzene rings is 2. The van der Waals surface area contributed by atoms with Crippen molar-refractivity contribution in [2.24, 2.45) is 0 Å². The van der Waals surface area contributed by atoms with Crippen molar-refractivity contribution in [2.75, 3.05) is 39.5 Å². The van der Waals surface area contributed by atoms with Crippen LogP contribution in [-0.4, -0.2) is 90.7 Å². The van der Waals surface area contributed by atoms with Gasteiger partial charge in [0.1, 0.15) is 51.0 Å². The van der Waals surface area contributed by atoms with Crippen LogP contribution in [0, 0.1) is 0 Å². The van der Waals surface area contributed by atoms with Crippen molar-refractivity contribution < 1.29 is 52.5 Å². The minimum atomic E-state index is -0.742. The first kappa shape index (κ1) is 29.4. The molecule has 4 rings (SSSR count). The summed E-state index contributed by atoms with van der Waals surface area (Å²) in [6.07, 6.45) is 4.31. The second kappa shape index (κ2) is 13.7. The summed E-state index contributed by atoms with van der Waals surface area (Å²) >= 11 is 0. The Morgan fingerprint density at radius 1 is 0.500 bits per heavy atom. The van der Waals surface area contributed by atoms with Gasteiger partial charge in [0.15, 0.2) is 5.78 Å². The molecule has 4 amide bonds. The Balaban J connectivity index is 1.14. The number of ketones is 1. The normalized spacial score (nSPS) is 14.0. The fourth-order valence-electron chi connectivity index (χ4n) is 3.73. The highest BCUT2D eigenvalue weighted by Gasteiger charge is 2.27. The number of nitrogens with zero attached hydrogens (tertiary/aromatic N) is 2. The molecule has 0 unspecified atom stereocenters. The van der Waals surface area contributed by atoms with Gasteiger partial charge in [-0.1, -0.05) is 0 Å². The molecule has 2 aromatic rings. The van der Waals surface area contributed by atoms with Crippen LogP contribution in [0.1, 0.15) is 15.9 Å².